The van der Waals surface area contributed by atoms with Gasteiger partial charge in [0, 0.05) is 23.2 Å². The molecule has 0 aliphatic heterocycles. The van der Waals surface area contributed by atoms with E-state index >= 15 is 0 Å². The van der Waals surface area contributed by atoms with E-state index in [2.05, 4.69) is 22.2 Å². The molecule has 3 rings (SSSR count). The minimum atomic E-state index is 0.568. The molecule has 0 spiro atoms. The summed E-state index contributed by atoms with van der Waals surface area (Å²) in [5.74, 6) is 1.72. The molecule has 1 aromatic heterocycles. The number of nitrogen functional groups attached to an aromatic ring is 1. The monoisotopic (exact) mass is 273 g/mol. The summed E-state index contributed by atoms with van der Waals surface area (Å²) in [6, 6.07) is 5.88. The highest BCUT2D eigenvalue weighted by molar-refractivity contribution is 7.80. The molecule has 1 aliphatic carbocycles. The second-order valence-corrected chi connectivity index (χ2v) is 5.75. The summed E-state index contributed by atoms with van der Waals surface area (Å²) in [7, 11) is 0. The van der Waals surface area contributed by atoms with Crippen LogP contribution in [0.4, 0.5) is 5.69 Å². The Labute approximate surface area is 119 Å². The third-order valence-electron chi connectivity index (χ3n) is 3.91. The van der Waals surface area contributed by atoms with Crippen LogP contribution in [-0.2, 0) is 0 Å². The number of nitrogens with two attached hydrogens (primary N) is 1. The van der Waals surface area contributed by atoms with Crippen molar-refractivity contribution >= 4 is 18.3 Å². The lowest BCUT2D eigenvalue weighted by molar-refractivity contribution is 0.425. The van der Waals surface area contributed by atoms with Crippen molar-refractivity contribution in [3.63, 3.8) is 0 Å². The molecule has 4 heteroatoms. The molecule has 1 heterocycles. The van der Waals surface area contributed by atoms with E-state index in [4.69, 9.17) is 5.73 Å². The van der Waals surface area contributed by atoms with Crippen molar-refractivity contribution in [2.24, 2.45) is 0 Å². The predicted octanol–water partition coefficient (Wildman–Crippen LogP) is 3.79. The van der Waals surface area contributed by atoms with Gasteiger partial charge in [-0.25, -0.2) is 4.98 Å². The molecule has 0 saturated heterocycles. The summed E-state index contributed by atoms with van der Waals surface area (Å²) in [5, 5.41) is 0. The highest BCUT2D eigenvalue weighted by atomic mass is 32.1. The van der Waals surface area contributed by atoms with Crippen molar-refractivity contribution in [3.05, 3.63) is 36.4 Å². The first kappa shape index (κ1) is 12.6. The average molecular weight is 273 g/mol. The molecule has 0 bridgehead atoms. The smallest absolute Gasteiger partial charge is 0.116 e. The number of thiol groups is 1. The summed E-state index contributed by atoms with van der Waals surface area (Å²) in [5.41, 5.74) is 7.88. The Morgan fingerprint density at radius 1 is 1.21 bits per heavy atom. The topological polar surface area (TPSA) is 43.8 Å². The van der Waals surface area contributed by atoms with Crippen LogP contribution in [0.15, 0.2) is 35.5 Å². The number of hydrogen-bond donors (Lipinski definition) is 2. The molecule has 1 aliphatic rings. The second kappa shape index (κ2) is 5.29. The number of rotatable bonds is 2. The van der Waals surface area contributed by atoms with Gasteiger partial charge in [0.05, 0.1) is 11.4 Å². The maximum Gasteiger partial charge on any atom is 0.116 e. The number of anilines is 1. The van der Waals surface area contributed by atoms with Gasteiger partial charge in [0.1, 0.15) is 5.82 Å². The lowest BCUT2D eigenvalue weighted by Crippen LogP contribution is -2.12. The van der Waals surface area contributed by atoms with E-state index in [1.165, 1.54) is 32.1 Å². The third kappa shape index (κ3) is 2.50. The first-order chi connectivity index (χ1) is 9.25. The Hall–Kier alpha value is -1.42. The zero-order chi connectivity index (χ0) is 13.2. The minimum Gasteiger partial charge on any atom is -0.397 e. The highest BCUT2D eigenvalue weighted by Gasteiger charge is 2.20. The molecule has 0 unspecified atom stereocenters. The molecule has 0 radical (unpaired) electrons. The number of benzene rings is 1. The molecule has 0 atom stereocenters. The van der Waals surface area contributed by atoms with Crippen LogP contribution in [0.1, 0.15) is 43.8 Å². The van der Waals surface area contributed by atoms with Crippen molar-refractivity contribution in [3.8, 4) is 5.69 Å². The van der Waals surface area contributed by atoms with Crippen molar-refractivity contribution < 1.29 is 0 Å². The summed E-state index contributed by atoms with van der Waals surface area (Å²) < 4.78 is 2.14. The van der Waals surface area contributed by atoms with Gasteiger partial charge >= 0.3 is 0 Å². The molecule has 2 aromatic rings. The zero-order valence-corrected chi connectivity index (χ0v) is 11.8. The van der Waals surface area contributed by atoms with Gasteiger partial charge in [-0.05, 0) is 31.0 Å². The van der Waals surface area contributed by atoms with Crippen molar-refractivity contribution in [1.29, 1.82) is 0 Å². The predicted molar refractivity (Wildman–Crippen MR) is 81.1 cm³/mol. The molecule has 0 amide bonds. The Bertz CT molecular complexity index is 571. The summed E-state index contributed by atoms with van der Waals surface area (Å²) in [4.78, 5) is 5.46. The number of nitrogens with zero attached hydrogens (tertiary/aromatic N) is 2. The van der Waals surface area contributed by atoms with E-state index in [0.29, 0.717) is 5.92 Å². The zero-order valence-electron chi connectivity index (χ0n) is 10.9. The van der Waals surface area contributed by atoms with Gasteiger partial charge in [0.25, 0.3) is 0 Å². The fourth-order valence-electron chi connectivity index (χ4n) is 2.94. The van der Waals surface area contributed by atoms with E-state index < -0.39 is 0 Å². The maximum absolute atomic E-state index is 6.11. The van der Waals surface area contributed by atoms with Crippen LogP contribution < -0.4 is 5.73 Å². The van der Waals surface area contributed by atoms with Crippen LogP contribution in [-0.4, -0.2) is 9.55 Å². The van der Waals surface area contributed by atoms with Crippen LogP contribution in [0.3, 0.4) is 0 Å². The quantitative estimate of drug-likeness (QED) is 0.646. The maximum atomic E-state index is 6.11. The normalized spacial score (nSPS) is 16.7. The highest BCUT2D eigenvalue weighted by Crippen LogP contribution is 2.33. The van der Waals surface area contributed by atoms with Crippen LogP contribution in [0.5, 0.6) is 0 Å². The van der Waals surface area contributed by atoms with Crippen LogP contribution in [0.25, 0.3) is 5.69 Å². The Balaban J connectivity index is 1.99. The van der Waals surface area contributed by atoms with Gasteiger partial charge in [-0.15, -0.1) is 12.6 Å². The SMILES string of the molecule is Nc1cc(S)ccc1-n1ccnc1C1CCCCC1. The molecule has 100 valence electrons. The van der Waals surface area contributed by atoms with E-state index in [-0.39, 0.29) is 0 Å². The Kier molecular flexibility index (Phi) is 3.51. The average Bonchev–Trinajstić information content (AvgIpc) is 2.89. The first-order valence-corrected chi connectivity index (χ1v) is 7.32. The molecule has 2 N–H and O–H groups in total. The standard InChI is InChI=1S/C15H19N3S/c16-13-10-12(19)6-7-14(13)18-9-8-17-15(18)11-4-2-1-3-5-11/h6-11,19H,1-5,16H2. The molecule has 19 heavy (non-hydrogen) atoms. The lowest BCUT2D eigenvalue weighted by Gasteiger charge is -2.22. The van der Waals surface area contributed by atoms with E-state index in [1.54, 1.807) is 0 Å². The Morgan fingerprint density at radius 2 is 2.00 bits per heavy atom. The first-order valence-electron chi connectivity index (χ1n) is 6.88. The summed E-state index contributed by atoms with van der Waals surface area (Å²) >= 11 is 4.32. The summed E-state index contributed by atoms with van der Waals surface area (Å²) in [6.45, 7) is 0. The summed E-state index contributed by atoms with van der Waals surface area (Å²) in [6.07, 6.45) is 10.3. The molecular formula is C15H19N3S. The fourth-order valence-corrected chi connectivity index (χ4v) is 3.16. The number of aromatic nitrogens is 2. The fraction of sp³-hybridized carbons (Fsp3) is 0.400. The van der Waals surface area contributed by atoms with Gasteiger partial charge in [0.15, 0.2) is 0 Å². The largest absolute Gasteiger partial charge is 0.397 e. The number of hydrogen-bond acceptors (Lipinski definition) is 3. The van der Waals surface area contributed by atoms with E-state index in [1.807, 2.05) is 30.6 Å². The van der Waals surface area contributed by atoms with Gasteiger partial charge in [-0.3, -0.25) is 0 Å². The van der Waals surface area contributed by atoms with Crippen molar-refractivity contribution in [2.45, 2.75) is 42.9 Å². The molecule has 1 fully saturated rings. The molecular weight excluding hydrogens is 254 g/mol. The van der Waals surface area contributed by atoms with E-state index in [0.717, 1.165) is 22.1 Å². The Morgan fingerprint density at radius 3 is 2.74 bits per heavy atom. The number of imidazole rings is 1. The molecule has 1 aromatic carbocycles. The van der Waals surface area contributed by atoms with Gasteiger partial charge in [0.2, 0.25) is 0 Å². The van der Waals surface area contributed by atoms with Gasteiger partial charge in [-0.2, -0.15) is 0 Å². The van der Waals surface area contributed by atoms with E-state index in [9.17, 15) is 0 Å². The molecule has 3 nitrogen and oxygen atoms in total. The van der Waals surface area contributed by atoms with Gasteiger partial charge < -0.3 is 10.3 Å². The van der Waals surface area contributed by atoms with Crippen molar-refractivity contribution in [1.82, 2.24) is 9.55 Å². The van der Waals surface area contributed by atoms with Crippen LogP contribution >= 0.6 is 12.6 Å². The van der Waals surface area contributed by atoms with Crippen molar-refractivity contribution in [2.75, 3.05) is 5.73 Å². The lowest BCUT2D eigenvalue weighted by atomic mass is 9.88. The molecule has 1 saturated carbocycles. The van der Waals surface area contributed by atoms with Crippen LogP contribution in [0, 0.1) is 0 Å². The van der Waals surface area contributed by atoms with Gasteiger partial charge in [-0.1, -0.05) is 19.3 Å². The second-order valence-electron chi connectivity index (χ2n) is 5.23. The minimum absolute atomic E-state index is 0.568. The van der Waals surface area contributed by atoms with Crippen LogP contribution in [0.2, 0.25) is 0 Å². The third-order valence-corrected chi connectivity index (χ3v) is 4.19.